The van der Waals surface area contributed by atoms with Gasteiger partial charge in [-0.2, -0.15) is 0 Å². The van der Waals surface area contributed by atoms with Crippen molar-refractivity contribution in [3.05, 3.63) is 71.4 Å². The van der Waals surface area contributed by atoms with E-state index in [0.29, 0.717) is 30.2 Å². The van der Waals surface area contributed by atoms with Gasteiger partial charge in [-0.3, -0.25) is 4.79 Å². The van der Waals surface area contributed by atoms with E-state index in [1.807, 2.05) is 13.0 Å². The molecular formula is C26H27F2N5O. The van der Waals surface area contributed by atoms with Crippen LogP contribution in [0.1, 0.15) is 35.5 Å². The normalized spacial score (nSPS) is 20.0. The fraction of sp³-hybridized carbons (Fsp3) is 0.385. The Hall–Kier alpha value is -3.42. The van der Waals surface area contributed by atoms with E-state index in [4.69, 9.17) is 0 Å². The van der Waals surface area contributed by atoms with E-state index in [9.17, 15) is 13.6 Å². The molecular weight excluding hydrogens is 436 g/mol. The van der Waals surface area contributed by atoms with Crippen molar-refractivity contribution in [2.45, 2.75) is 26.4 Å². The van der Waals surface area contributed by atoms with Crippen molar-refractivity contribution < 1.29 is 13.6 Å². The molecule has 0 bridgehead atoms. The highest BCUT2D eigenvalue weighted by Crippen LogP contribution is 2.36. The van der Waals surface area contributed by atoms with E-state index < -0.39 is 11.5 Å². The smallest absolute Gasteiger partial charge is 0.257 e. The standard InChI is InChI=1S/C26H27F2N5O/c1-16-10-21(26(2,3)28)31-22(11-16)32-12-17-14-33(15-18(17)13-32)25(34)23-19(6-4-7-20(23)27)24-29-8-5-9-30-24/h4-11,17-18H,12-15H2,1-3H3. The lowest BCUT2D eigenvalue weighted by molar-refractivity contribution is 0.0778. The maximum Gasteiger partial charge on any atom is 0.257 e. The Balaban J connectivity index is 1.34. The van der Waals surface area contributed by atoms with Gasteiger partial charge in [0.15, 0.2) is 5.82 Å². The minimum absolute atomic E-state index is 0.0145. The van der Waals surface area contributed by atoms with Crippen LogP contribution in [0.2, 0.25) is 0 Å². The van der Waals surface area contributed by atoms with E-state index in [-0.39, 0.29) is 23.3 Å². The number of carbonyl (C=O) groups excluding carboxylic acids is 1. The number of aryl methyl sites for hydroxylation is 1. The first-order valence-electron chi connectivity index (χ1n) is 11.5. The third-order valence-corrected chi connectivity index (χ3v) is 6.70. The lowest BCUT2D eigenvalue weighted by Gasteiger charge is -2.25. The number of aromatic nitrogens is 3. The lowest BCUT2D eigenvalue weighted by Crippen LogP contribution is -2.34. The van der Waals surface area contributed by atoms with Gasteiger partial charge in [0.2, 0.25) is 0 Å². The summed E-state index contributed by atoms with van der Waals surface area (Å²) in [6, 6.07) is 9.98. The Kier molecular flexibility index (Phi) is 5.54. The molecule has 2 aromatic heterocycles. The molecule has 176 valence electrons. The molecule has 2 fully saturated rings. The molecule has 1 aromatic carbocycles. The highest BCUT2D eigenvalue weighted by molar-refractivity contribution is 6.00. The number of halogens is 2. The SMILES string of the molecule is Cc1cc(N2CC3CN(C(=O)c4c(F)cccc4-c4ncccn4)CC3C2)nc(C(C)(C)F)c1. The van der Waals surface area contributed by atoms with Crippen LogP contribution in [0.5, 0.6) is 0 Å². The summed E-state index contributed by atoms with van der Waals surface area (Å²) in [5.41, 5.74) is 0.288. The number of anilines is 1. The molecule has 2 saturated heterocycles. The van der Waals surface area contributed by atoms with E-state index in [1.54, 1.807) is 41.6 Å². The number of pyridine rings is 1. The molecule has 0 aliphatic carbocycles. The van der Waals surface area contributed by atoms with Gasteiger partial charge in [-0.25, -0.2) is 23.7 Å². The first kappa shape index (κ1) is 22.4. The van der Waals surface area contributed by atoms with Gasteiger partial charge in [0, 0.05) is 56.0 Å². The molecule has 0 N–H and O–H groups in total. The zero-order chi connectivity index (χ0) is 24.0. The summed E-state index contributed by atoms with van der Waals surface area (Å²) in [4.78, 5) is 30.3. The second-order valence-corrected chi connectivity index (χ2v) is 9.73. The van der Waals surface area contributed by atoms with Crippen molar-refractivity contribution in [1.29, 1.82) is 0 Å². The fourth-order valence-corrected chi connectivity index (χ4v) is 4.99. The van der Waals surface area contributed by atoms with Crippen molar-refractivity contribution in [3.63, 3.8) is 0 Å². The van der Waals surface area contributed by atoms with Crippen LogP contribution >= 0.6 is 0 Å². The second kappa shape index (κ2) is 8.42. The molecule has 0 radical (unpaired) electrons. The average Bonchev–Trinajstić information content (AvgIpc) is 3.38. The number of fused-ring (bicyclic) bond motifs is 1. The molecule has 2 aliphatic rings. The van der Waals surface area contributed by atoms with E-state index >= 15 is 0 Å². The largest absolute Gasteiger partial charge is 0.356 e. The Bertz CT molecular complexity index is 1210. The van der Waals surface area contributed by atoms with E-state index in [2.05, 4.69) is 19.9 Å². The minimum atomic E-state index is -1.51. The summed E-state index contributed by atoms with van der Waals surface area (Å²) in [6.45, 7) is 7.50. The predicted octanol–water partition coefficient (Wildman–Crippen LogP) is 4.40. The summed E-state index contributed by atoms with van der Waals surface area (Å²) >= 11 is 0. The van der Waals surface area contributed by atoms with Crippen molar-refractivity contribution in [1.82, 2.24) is 19.9 Å². The van der Waals surface area contributed by atoms with E-state index in [1.165, 1.54) is 19.9 Å². The van der Waals surface area contributed by atoms with Crippen LogP contribution in [-0.2, 0) is 5.67 Å². The van der Waals surface area contributed by atoms with Crippen LogP contribution in [0, 0.1) is 24.6 Å². The predicted molar refractivity (Wildman–Crippen MR) is 126 cm³/mol. The fourth-order valence-electron chi connectivity index (χ4n) is 4.99. The van der Waals surface area contributed by atoms with E-state index in [0.717, 1.165) is 24.5 Å². The van der Waals surface area contributed by atoms with Gasteiger partial charge in [-0.05, 0) is 50.6 Å². The van der Waals surface area contributed by atoms with Crippen LogP contribution in [-0.4, -0.2) is 51.9 Å². The maximum absolute atomic E-state index is 14.8. The Morgan fingerprint density at radius 1 is 1.03 bits per heavy atom. The number of alkyl halides is 1. The Labute approximate surface area is 197 Å². The first-order valence-corrected chi connectivity index (χ1v) is 11.5. The summed E-state index contributed by atoms with van der Waals surface area (Å²) in [5.74, 6) is 0.682. The summed E-state index contributed by atoms with van der Waals surface area (Å²) in [6.07, 6.45) is 3.15. The van der Waals surface area contributed by atoms with Crippen LogP contribution < -0.4 is 4.90 Å². The van der Waals surface area contributed by atoms with Gasteiger partial charge in [0.1, 0.15) is 17.3 Å². The lowest BCUT2D eigenvalue weighted by atomic mass is 10.0. The van der Waals surface area contributed by atoms with Crippen LogP contribution in [0.25, 0.3) is 11.4 Å². The van der Waals surface area contributed by atoms with Gasteiger partial charge < -0.3 is 9.80 Å². The number of carbonyl (C=O) groups is 1. The molecule has 2 unspecified atom stereocenters. The summed E-state index contributed by atoms with van der Waals surface area (Å²) in [5, 5.41) is 0. The number of amides is 1. The molecule has 2 aliphatic heterocycles. The third-order valence-electron chi connectivity index (χ3n) is 6.70. The number of benzene rings is 1. The van der Waals surface area contributed by atoms with Crippen LogP contribution in [0.4, 0.5) is 14.6 Å². The highest BCUT2D eigenvalue weighted by Gasteiger charge is 2.43. The van der Waals surface area contributed by atoms with Gasteiger partial charge in [0.25, 0.3) is 5.91 Å². The van der Waals surface area contributed by atoms with Gasteiger partial charge >= 0.3 is 0 Å². The van der Waals surface area contributed by atoms with Crippen molar-refractivity contribution >= 4 is 11.7 Å². The van der Waals surface area contributed by atoms with Gasteiger partial charge in [0.05, 0.1) is 11.3 Å². The first-order chi connectivity index (χ1) is 16.2. The monoisotopic (exact) mass is 463 g/mol. The molecule has 5 rings (SSSR count). The molecule has 3 aromatic rings. The second-order valence-electron chi connectivity index (χ2n) is 9.73. The van der Waals surface area contributed by atoms with Crippen LogP contribution in [0.15, 0.2) is 48.8 Å². The number of likely N-dealkylation sites (tertiary alicyclic amines) is 1. The zero-order valence-electron chi connectivity index (χ0n) is 19.5. The average molecular weight is 464 g/mol. The van der Waals surface area contributed by atoms with Crippen LogP contribution in [0.3, 0.4) is 0 Å². The summed E-state index contributed by atoms with van der Waals surface area (Å²) in [7, 11) is 0. The number of hydrogen-bond acceptors (Lipinski definition) is 5. The summed E-state index contributed by atoms with van der Waals surface area (Å²) < 4.78 is 29.4. The number of nitrogens with zero attached hydrogens (tertiary/aromatic N) is 5. The van der Waals surface area contributed by atoms with Crippen molar-refractivity contribution in [2.75, 3.05) is 31.1 Å². The quantitative estimate of drug-likeness (QED) is 0.574. The van der Waals surface area contributed by atoms with Gasteiger partial charge in [-0.15, -0.1) is 0 Å². The van der Waals surface area contributed by atoms with Crippen molar-refractivity contribution in [3.8, 4) is 11.4 Å². The zero-order valence-corrected chi connectivity index (χ0v) is 19.5. The van der Waals surface area contributed by atoms with Crippen molar-refractivity contribution in [2.24, 2.45) is 11.8 Å². The minimum Gasteiger partial charge on any atom is -0.356 e. The van der Waals surface area contributed by atoms with Gasteiger partial charge in [-0.1, -0.05) is 12.1 Å². The Morgan fingerprint density at radius 2 is 1.71 bits per heavy atom. The molecule has 8 heteroatoms. The molecule has 2 atom stereocenters. The number of rotatable bonds is 4. The molecule has 1 amide bonds. The number of hydrogen-bond donors (Lipinski definition) is 0. The molecule has 34 heavy (non-hydrogen) atoms. The Morgan fingerprint density at radius 3 is 2.35 bits per heavy atom. The molecule has 6 nitrogen and oxygen atoms in total. The molecule has 0 spiro atoms. The molecule has 0 saturated carbocycles. The highest BCUT2D eigenvalue weighted by atomic mass is 19.1. The topological polar surface area (TPSA) is 62.2 Å². The molecule has 4 heterocycles. The maximum atomic E-state index is 14.8. The third kappa shape index (κ3) is 4.13.